The van der Waals surface area contributed by atoms with Crippen molar-refractivity contribution in [3.63, 3.8) is 0 Å². The molecule has 0 aliphatic rings. The van der Waals surface area contributed by atoms with Gasteiger partial charge in [-0.15, -0.1) is 0 Å². The number of nitrogens with one attached hydrogen (secondary N) is 1. The molecule has 1 rings (SSSR count). The first kappa shape index (κ1) is 16.0. The first-order valence-corrected chi connectivity index (χ1v) is 7.02. The zero-order valence-electron chi connectivity index (χ0n) is 12.6. The first-order chi connectivity index (χ1) is 8.98. The number of ether oxygens (including phenoxy) is 1. The fourth-order valence-corrected chi connectivity index (χ4v) is 1.90. The highest BCUT2D eigenvalue weighted by Crippen LogP contribution is 2.19. The fourth-order valence-electron chi connectivity index (χ4n) is 1.90. The lowest BCUT2D eigenvalue weighted by molar-refractivity contribution is 0.157. The van der Waals surface area contributed by atoms with Gasteiger partial charge in [-0.2, -0.15) is 0 Å². The molecule has 0 saturated carbocycles. The summed E-state index contributed by atoms with van der Waals surface area (Å²) in [7, 11) is 0. The molecule has 3 heteroatoms. The molecule has 108 valence electrons. The van der Waals surface area contributed by atoms with Gasteiger partial charge in [0.15, 0.2) is 0 Å². The monoisotopic (exact) mass is 265 g/mol. The molecule has 0 heterocycles. The molecule has 0 aliphatic heterocycles. The molecule has 0 saturated heterocycles. The highest BCUT2D eigenvalue weighted by molar-refractivity contribution is 5.36. The van der Waals surface area contributed by atoms with Gasteiger partial charge in [-0.3, -0.25) is 0 Å². The Bertz CT molecular complexity index is 388. The molecule has 1 aromatic rings. The van der Waals surface area contributed by atoms with Crippen molar-refractivity contribution in [2.75, 3.05) is 26.3 Å². The second-order valence-electron chi connectivity index (χ2n) is 5.78. The molecule has 1 aromatic carbocycles. The standard InChI is InChI=1S/C16H27NO2/c1-5-19-15-7-6-14(10-13(15)2)8-9-17-11-16(3,4)12-18/h6-7,10,17-18H,5,8-9,11-12H2,1-4H3. The van der Waals surface area contributed by atoms with E-state index in [1.165, 1.54) is 11.1 Å². The van der Waals surface area contributed by atoms with Crippen LogP contribution >= 0.6 is 0 Å². The maximum absolute atomic E-state index is 9.17. The van der Waals surface area contributed by atoms with Gasteiger partial charge in [-0.05, 0) is 44.0 Å². The average Bonchev–Trinajstić information content (AvgIpc) is 2.38. The molecule has 0 fully saturated rings. The van der Waals surface area contributed by atoms with Gasteiger partial charge >= 0.3 is 0 Å². The maximum Gasteiger partial charge on any atom is 0.122 e. The van der Waals surface area contributed by atoms with E-state index >= 15 is 0 Å². The van der Waals surface area contributed by atoms with Crippen LogP contribution in [0.4, 0.5) is 0 Å². The van der Waals surface area contributed by atoms with E-state index in [0.29, 0.717) is 6.61 Å². The molecule has 3 nitrogen and oxygen atoms in total. The van der Waals surface area contributed by atoms with Crippen molar-refractivity contribution in [2.45, 2.75) is 34.1 Å². The Morgan fingerprint density at radius 3 is 2.63 bits per heavy atom. The summed E-state index contributed by atoms with van der Waals surface area (Å²) in [6.07, 6.45) is 0.995. The zero-order valence-corrected chi connectivity index (χ0v) is 12.6. The van der Waals surface area contributed by atoms with Crippen LogP contribution in [0.3, 0.4) is 0 Å². The third-order valence-electron chi connectivity index (χ3n) is 3.16. The summed E-state index contributed by atoms with van der Waals surface area (Å²) in [5.41, 5.74) is 2.46. The van der Waals surface area contributed by atoms with Crippen molar-refractivity contribution in [3.05, 3.63) is 29.3 Å². The minimum absolute atomic E-state index is 0.0469. The SMILES string of the molecule is CCOc1ccc(CCNCC(C)(C)CO)cc1C. The zero-order chi connectivity index (χ0) is 14.3. The largest absolute Gasteiger partial charge is 0.494 e. The highest BCUT2D eigenvalue weighted by atomic mass is 16.5. The lowest BCUT2D eigenvalue weighted by Gasteiger charge is -2.21. The molecule has 0 amide bonds. The molecular weight excluding hydrogens is 238 g/mol. The van der Waals surface area contributed by atoms with Crippen LogP contribution in [0.2, 0.25) is 0 Å². The predicted molar refractivity (Wildman–Crippen MR) is 79.8 cm³/mol. The van der Waals surface area contributed by atoms with Crippen LogP contribution in [0.1, 0.15) is 31.9 Å². The normalized spacial score (nSPS) is 11.6. The van der Waals surface area contributed by atoms with E-state index in [1.54, 1.807) is 0 Å². The van der Waals surface area contributed by atoms with Gasteiger partial charge in [0, 0.05) is 18.6 Å². The van der Waals surface area contributed by atoms with E-state index in [0.717, 1.165) is 25.3 Å². The number of aliphatic hydroxyl groups excluding tert-OH is 1. The molecule has 2 N–H and O–H groups in total. The molecule has 0 aromatic heterocycles. The lowest BCUT2D eigenvalue weighted by atomic mass is 9.95. The van der Waals surface area contributed by atoms with E-state index in [1.807, 2.05) is 13.0 Å². The van der Waals surface area contributed by atoms with Crippen LogP contribution in [0.5, 0.6) is 5.75 Å². The molecule has 0 spiro atoms. The van der Waals surface area contributed by atoms with Crippen molar-refractivity contribution in [2.24, 2.45) is 5.41 Å². The molecule has 0 bridgehead atoms. The minimum Gasteiger partial charge on any atom is -0.494 e. The van der Waals surface area contributed by atoms with Crippen LogP contribution < -0.4 is 10.1 Å². The highest BCUT2D eigenvalue weighted by Gasteiger charge is 2.15. The number of aliphatic hydroxyl groups is 1. The quantitative estimate of drug-likeness (QED) is 0.710. The Balaban J connectivity index is 2.40. The summed E-state index contributed by atoms with van der Waals surface area (Å²) >= 11 is 0. The molecule has 0 radical (unpaired) electrons. The van der Waals surface area contributed by atoms with Crippen LogP contribution in [-0.4, -0.2) is 31.4 Å². The van der Waals surface area contributed by atoms with Crippen LogP contribution in [0, 0.1) is 12.3 Å². The molecule has 0 atom stereocenters. The van der Waals surface area contributed by atoms with E-state index in [-0.39, 0.29) is 12.0 Å². The summed E-state index contributed by atoms with van der Waals surface area (Å²) in [4.78, 5) is 0. The third-order valence-corrected chi connectivity index (χ3v) is 3.16. The Morgan fingerprint density at radius 2 is 2.05 bits per heavy atom. The van der Waals surface area contributed by atoms with Gasteiger partial charge in [0.25, 0.3) is 0 Å². The van der Waals surface area contributed by atoms with Gasteiger partial charge in [0.05, 0.1) is 6.61 Å². The van der Waals surface area contributed by atoms with Gasteiger partial charge in [-0.1, -0.05) is 26.0 Å². The smallest absolute Gasteiger partial charge is 0.122 e. The number of hydrogen-bond acceptors (Lipinski definition) is 3. The minimum atomic E-state index is -0.0469. The second kappa shape index (κ2) is 7.51. The number of rotatable bonds is 8. The molecular formula is C16H27NO2. The molecule has 0 unspecified atom stereocenters. The lowest BCUT2D eigenvalue weighted by Crippen LogP contribution is -2.33. The fraction of sp³-hybridized carbons (Fsp3) is 0.625. The summed E-state index contributed by atoms with van der Waals surface area (Å²) < 4.78 is 5.53. The topological polar surface area (TPSA) is 41.5 Å². The van der Waals surface area contributed by atoms with Gasteiger partial charge in [0.1, 0.15) is 5.75 Å². The molecule has 0 aliphatic carbocycles. The van der Waals surface area contributed by atoms with Crippen molar-refractivity contribution in [1.82, 2.24) is 5.32 Å². The van der Waals surface area contributed by atoms with Gasteiger partial charge < -0.3 is 15.2 Å². The number of benzene rings is 1. The maximum atomic E-state index is 9.17. The molecule has 19 heavy (non-hydrogen) atoms. The number of aryl methyl sites for hydroxylation is 1. The number of hydrogen-bond donors (Lipinski definition) is 2. The average molecular weight is 265 g/mol. The summed E-state index contributed by atoms with van der Waals surface area (Å²) in [6.45, 7) is 10.9. The second-order valence-corrected chi connectivity index (χ2v) is 5.78. The van der Waals surface area contributed by atoms with Crippen LogP contribution in [0.25, 0.3) is 0 Å². The summed E-state index contributed by atoms with van der Waals surface area (Å²) in [5.74, 6) is 0.973. The Kier molecular flexibility index (Phi) is 6.32. The van der Waals surface area contributed by atoms with Gasteiger partial charge in [-0.25, -0.2) is 0 Å². The van der Waals surface area contributed by atoms with Gasteiger partial charge in [0.2, 0.25) is 0 Å². The van der Waals surface area contributed by atoms with Crippen molar-refractivity contribution in [3.8, 4) is 5.75 Å². The summed E-state index contributed by atoms with van der Waals surface area (Å²) in [5, 5.41) is 12.6. The van der Waals surface area contributed by atoms with E-state index in [9.17, 15) is 5.11 Å². The third kappa shape index (κ3) is 5.62. The van der Waals surface area contributed by atoms with E-state index < -0.39 is 0 Å². The van der Waals surface area contributed by atoms with Crippen molar-refractivity contribution < 1.29 is 9.84 Å². The Labute approximate surface area is 117 Å². The van der Waals surface area contributed by atoms with E-state index in [2.05, 4.69) is 38.2 Å². The Morgan fingerprint density at radius 1 is 1.32 bits per heavy atom. The predicted octanol–water partition coefficient (Wildman–Crippen LogP) is 2.54. The van der Waals surface area contributed by atoms with E-state index in [4.69, 9.17) is 4.74 Å². The van der Waals surface area contributed by atoms with Crippen molar-refractivity contribution >= 4 is 0 Å². The van der Waals surface area contributed by atoms with Crippen molar-refractivity contribution in [1.29, 1.82) is 0 Å². The Hall–Kier alpha value is -1.06. The van der Waals surface area contributed by atoms with Crippen LogP contribution in [0.15, 0.2) is 18.2 Å². The van der Waals surface area contributed by atoms with Crippen LogP contribution in [-0.2, 0) is 6.42 Å². The summed E-state index contributed by atoms with van der Waals surface area (Å²) in [6, 6.07) is 6.35. The first-order valence-electron chi connectivity index (χ1n) is 7.02.